The van der Waals surface area contributed by atoms with Gasteiger partial charge in [0.15, 0.2) is 11.5 Å². The van der Waals surface area contributed by atoms with Gasteiger partial charge in [-0.25, -0.2) is 4.98 Å². The number of nitrogens with zero attached hydrogens (tertiary/aromatic N) is 3. The molecule has 1 saturated heterocycles. The first-order valence-corrected chi connectivity index (χ1v) is 14.3. The minimum atomic E-state index is -0.786. The van der Waals surface area contributed by atoms with Crippen molar-refractivity contribution in [2.75, 3.05) is 27.3 Å². The molecule has 9 nitrogen and oxygen atoms in total. The highest BCUT2D eigenvalue weighted by atomic mass is 35.5. The van der Waals surface area contributed by atoms with Crippen molar-refractivity contribution in [2.45, 2.75) is 58.2 Å². The van der Waals surface area contributed by atoms with Crippen molar-refractivity contribution in [1.29, 1.82) is 0 Å². The Balaban J connectivity index is 1.49. The summed E-state index contributed by atoms with van der Waals surface area (Å²) in [5, 5.41) is 9.69. The molecule has 10 heteroatoms. The number of fused-ring (bicyclic) bond motifs is 3. The number of hydrogen-bond acceptors (Lipinski definition) is 6. The van der Waals surface area contributed by atoms with Gasteiger partial charge in [0.25, 0.3) is 0 Å². The molecule has 2 aliphatic rings. The molecule has 41 heavy (non-hydrogen) atoms. The van der Waals surface area contributed by atoms with Crippen molar-refractivity contribution in [1.82, 2.24) is 14.5 Å². The number of carboxylic acid groups (broad SMARTS) is 1. The molecule has 1 N–H and O–H groups in total. The SMILES string of the molecule is COc1cccc([C@H]2O[C@H](CCC(=O)N3CCC(CC(=O)O)CC3)c3nc(C)c(C)n3-c3ccc(Cl)cc32)c1OC. The van der Waals surface area contributed by atoms with Gasteiger partial charge in [-0.3, -0.25) is 14.2 Å². The fourth-order valence-electron chi connectivity index (χ4n) is 6.00. The minimum absolute atomic E-state index is 0.0363. The molecule has 0 unspecified atom stereocenters. The molecule has 3 aromatic rings. The number of aromatic nitrogens is 2. The fourth-order valence-corrected chi connectivity index (χ4v) is 6.18. The summed E-state index contributed by atoms with van der Waals surface area (Å²) >= 11 is 6.53. The number of hydrogen-bond donors (Lipinski definition) is 1. The number of carboxylic acids is 1. The summed E-state index contributed by atoms with van der Waals surface area (Å²) in [6.45, 7) is 5.14. The Labute approximate surface area is 245 Å². The van der Waals surface area contributed by atoms with Gasteiger partial charge in [-0.05, 0) is 63.3 Å². The fraction of sp³-hybridized carbons (Fsp3) is 0.452. The summed E-state index contributed by atoms with van der Waals surface area (Å²) in [7, 11) is 3.20. The van der Waals surface area contributed by atoms with Gasteiger partial charge < -0.3 is 24.2 Å². The van der Waals surface area contributed by atoms with Crippen LogP contribution >= 0.6 is 11.6 Å². The first kappa shape index (κ1) is 29.0. The normalized spacial score (nSPS) is 18.8. The van der Waals surface area contributed by atoms with Gasteiger partial charge in [-0.2, -0.15) is 0 Å². The maximum absolute atomic E-state index is 13.3. The zero-order valence-electron chi connectivity index (χ0n) is 23.9. The topological polar surface area (TPSA) is 103 Å². The summed E-state index contributed by atoms with van der Waals surface area (Å²) in [6.07, 6.45) is 1.19. The van der Waals surface area contributed by atoms with Crippen molar-refractivity contribution in [2.24, 2.45) is 5.92 Å². The molecule has 3 heterocycles. The van der Waals surface area contributed by atoms with Gasteiger partial charge in [-0.1, -0.05) is 23.7 Å². The minimum Gasteiger partial charge on any atom is -0.493 e. The summed E-state index contributed by atoms with van der Waals surface area (Å²) in [4.78, 5) is 31.2. The van der Waals surface area contributed by atoms with Crippen LogP contribution in [0.15, 0.2) is 36.4 Å². The number of piperidine rings is 1. The van der Waals surface area contributed by atoms with Gasteiger partial charge in [-0.15, -0.1) is 0 Å². The average Bonchev–Trinajstić information content (AvgIpc) is 3.18. The third-order valence-electron chi connectivity index (χ3n) is 8.24. The van der Waals surface area contributed by atoms with Gasteiger partial charge in [0.2, 0.25) is 5.91 Å². The molecular formula is C31H36ClN3O6. The predicted octanol–water partition coefficient (Wildman–Crippen LogP) is 5.81. The Kier molecular flexibility index (Phi) is 8.56. The van der Waals surface area contributed by atoms with E-state index in [0.29, 0.717) is 48.9 Å². The smallest absolute Gasteiger partial charge is 0.303 e. The first-order valence-electron chi connectivity index (χ1n) is 13.9. The molecule has 2 aliphatic heterocycles. The van der Waals surface area contributed by atoms with E-state index in [1.165, 1.54) is 0 Å². The first-order chi connectivity index (χ1) is 19.7. The van der Waals surface area contributed by atoms with E-state index < -0.39 is 18.2 Å². The van der Waals surface area contributed by atoms with Crippen molar-refractivity contribution in [3.8, 4) is 17.2 Å². The number of carbonyl (C=O) groups excluding carboxylic acids is 1. The number of methoxy groups -OCH3 is 2. The molecule has 0 saturated carbocycles. The molecule has 1 aromatic heterocycles. The maximum atomic E-state index is 13.3. The van der Waals surface area contributed by atoms with Crippen LogP contribution in [0.1, 0.15) is 72.7 Å². The van der Waals surface area contributed by atoms with Crippen LogP contribution in [0, 0.1) is 19.8 Å². The number of amides is 1. The summed E-state index contributed by atoms with van der Waals surface area (Å²) < 4.78 is 20.4. The van der Waals surface area contributed by atoms with Crippen molar-refractivity contribution >= 4 is 23.5 Å². The Hall–Kier alpha value is -3.56. The highest BCUT2D eigenvalue weighted by molar-refractivity contribution is 6.30. The Bertz CT molecular complexity index is 1450. The molecule has 2 atom stereocenters. The Morgan fingerprint density at radius 1 is 1.10 bits per heavy atom. The van der Waals surface area contributed by atoms with Crippen LogP contribution < -0.4 is 9.47 Å². The summed E-state index contributed by atoms with van der Waals surface area (Å²) in [5.74, 6) is 1.26. The van der Waals surface area contributed by atoms with Crippen LogP contribution in [0.2, 0.25) is 5.02 Å². The van der Waals surface area contributed by atoms with E-state index >= 15 is 0 Å². The third-order valence-corrected chi connectivity index (χ3v) is 8.47. The number of aryl methyl sites for hydroxylation is 1. The molecule has 218 valence electrons. The lowest BCUT2D eigenvalue weighted by Crippen LogP contribution is -2.39. The highest BCUT2D eigenvalue weighted by Gasteiger charge is 2.36. The zero-order chi connectivity index (χ0) is 29.3. The number of rotatable bonds is 8. The maximum Gasteiger partial charge on any atom is 0.303 e. The second kappa shape index (κ2) is 12.1. The lowest BCUT2D eigenvalue weighted by Gasteiger charge is -2.32. The average molecular weight is 582 g/mol. The molecule has 1 amide bonds. The van der Waals surface area contributed by atoms with E-state index in [4.69, 9.17) is 35.9 Å². The molecule has 0 radical (unpaired) electrons. The van der Waals surface area contributed by atoms with E-state index in [0.717, 1.165) is 34.0 Å². The quantitative estimate of drug-likeness (QED) is 0.358. The Morgan fingerprint density at radius 2 is 1.85 bits per heavy atom. The van der Waals surface area contributed by atoms with Gasteiger partial charge in [0, 0.05) is 47.8 Å². The van der Waals surface area contributed by atoms with Crippen LogP contribution in [0.25, 0.3) is 5.69 Å². The lowest BCUT2D eigenvalue weighted by atomic mass is 9.93. The number of benzene rings is 2. The predicted molar refractivity (Wildman–Crippen MR) is 154 cm³/mol. The van der Waals surface area contributed by atoms with E-state index in [-0.39, 0.29) is 24.7 Å². The van der Waals surface area contributed by atoms with Gasteiger partial charge in [0.1, 0.15) is 18.0 Å². The standard InChI is InChI=1S/C31H36ClN3O6/c1-18-19(2)35-24-9-8-21(32)17-23(24)29(22-6-5-7-25(39-3)30(22)40-4)41-26(31(35)33-18)10-11-27(36)34-14-12-20(13-15-34)16-28(37)38/h5-9,17,20,26,29H,10-16H2,1-4H3,(H,37,38)/t26-,29-/m1/s1. The number of aliphatic carboxylic acids is 1. The van der Waals surface area contributed by atoms with Crippen LogP contribution in [-0.4, -0.2) is 58.7 Å². The monoisotopic (exact) mass is 581 g/mol. The molecule has 1 fully saturated rings. The molecule has 2 aromatic carbocycles. The van der Waals surface area contributed by atoms with E-state index in [9.17, 15) is 9.59 Å². The molecule has 5 rings (SSSR count). The number of ether oxygens (including phenoxy) is 3. The van der Waals surface area contributed by atoms with Crippen molar-refractivity contribution < 1.29 is 28.9 Å². The number of carbonyl (C=O) groups is 2. The molecule has 0 bridgehead atoms. The van der Waals surface area contributed by atoms with Gasteiger partial charge >= 0.3 is 5.97 Å². The van der Waals surface area contributed by atoms with Crippen molar-refractivity contribution in [3.63, 3.8) is 0 Å². The largest absolute Gasteiger partial charge is 0.493 e. The molecule has 0 spiro atoms. The number of halogens is 1. The zero-order valence-corrected chi connectivity index (χ0v) is 24.6. The van der Waals surface area contributed by atoms with Gasteiger partial charge in [0.05, 0.1) is 25.6 Å². The third kappa shape index (κ3) is 5.78. The van der Waals surface area contributed by atoms with Crippen molar-refractivity contribution in [3.05, 3.63) is 69.8 Å². The second-order valence-corrected chi connectivity index (χ2v) is 11.2. The van der Waals surface area contributed by atoms with E-state index in [1.807, 2.05) is 55.1 Å². The second-order valence-electron chi connectivity index (χ2n) is 10.7. The summed E-state index contributed by atoms with van der Waals surface area (Å²) in [6, 6.07) is 11.4. The van der Waals surface area contributed by atoms with E-state index in [2.05, 4.69) is 4.57 Å². The summed E-state index contributed by atoms with van der Waals surface area (Å²) in [5.41, 5.74) is 4.43. The van der Waals surface area contributed by atoms with E-state index in [1.54, 1.807) is 14.2 Å². The Morgan fingerprint density at radius 3 is 2.54 bits per heavy atom. The highest BCUT2D eigenvalue weighted by Crippen LogP contribution is 2.47. The van der Waals surface area contributed by atoms with Crippen LogP contribution in [0.5, 0.6) is 11.5 Å². The van der Waals surface area contributed by atoms with Crippen LogP contribution in [-0.2, 0) is 14.3 Å². The molecule has 0 aliphatic carbocycles. The number of imidazole rings is 1. The molecular weight excluding hydrogens is 546 g/mol. The lowest BCUT2D eigenvalue weighted by molar-refractivity contribution is -0.138. The van der Waals surface area contributed by atoms with Crippen LogP contribution in [0.3, 0.4) is 0 Å². The number of likely N-dealkylation sites (tertiary alicyclic amines) is 1. The number of para-hydroxylation sites is 1. The van der Waals surface area contributed by atoms with Crippen LogP contribution in [0.4, 0.5) is 0 Å².